The van der Waals surface area contributed by atoms with Crippen molar-refractivity contribution in [1.82, 2.24) is 15.1 Å². The van der Waals surface area contributed by atoms with Gasteiger partial charge in [-0.1, -0.05) is 35.9 Å². The van der Waals surface area contributed by atoms with Crippen LogP contribution < -0.4 is 5.32 Å². The van der Waals surface area contributed by atoms with Gasteiger partial charge in [-0.15, -0.1) is 0 Å². The van der Waals surface area contributed by atoms with Crippen molar-refractivity contribution in [1.29, 1.82) is 0 Å². The van der Waals surface area contributed by atoms with E-state index in [1.54, 1.807) is 6.92 Å². The molecule has 0 bridgehead atoms. The number of rotatable bonds is 4. The quantitative estimate of drug-likeness (QED) is 0.634. The van der Waals surface area contributed by atoms with Gasteiger partial charge >= 0.3 is 6.18 Å². The molecule has 0 fully saturated rings. The van der Waals surface area contributed by atoms with Crippen molar-refractivity contribution in [3.63, 3.8) is 0 Å². The van der Waals surface area contributed by atoms with E-state index in [1.807, 2.05) is 31.2 Å². The lowest BCUT2D eigenvalue weighted by Crippen LogP contribution is -2.29. The van der Waals surface area contributed by atoms with E-state index >= 15 is 0 Å². The highest BCUT2D eigenvalue weighted by Gasteiger charge is 2.40. The standard InChI is InChI=1S/C20H17ClF3N3O/c1-12-5-3-4-6-16(12)13(2)26-19(28)17-11-25-27(18(17)20(22,23)24)15-9-7-14(21)8-10-15/h3-11,13H,1-2H3,(H,26,28). The first-order valence-corrected chi connectivity index (χ1v) is 8.84. The van der Waals surface area contributed by atoms with E-state index in [1.165, 1.54) is 24.3 Å². The van der Waals surface area contributed by atoms with Crippen LogP contribution >= 0.6 is 11.6 Å². The largest absolute Gasteiger partial charge is 0.434 e. The Labute approximate surface area is 164 Å². The zero-order valence-electron chi connectivity index (χ0n) is 15.1. The summed E-state index contributed by atoms with van der Waals surface area (Å²) in [5.41, 5.74) is 0.243. The highest BCUT2D eigenvalue weighted by molar-refractivity contribution is 6.30. The highest BCUT2D eigenvalue weighted by Crippen LogP contribution is 2.34. The van der Waals surface area contributed by atoms with E-state index in [9.17, 15) is 18.0 Å². The minimum absolute atomic E-state index is 0.155. The molecule has 0 saturated carbocycles. The van der Waals surface area contributed by atoms with Crippen molar-refractivity contribution in [2.24, 2.45) is 0 Å². The summed E-state index contributed by atoms with van der Waals surface area (Å²) in [5.74, 6) is -0.844. The predicted molar refractivity (Wildman–Crippen MR) is 101 cm³/mol. The van der Waals surface area contributed by atoms with Crippen LogP contribution in [-0.4, -0.2) is 15.7 Å². The summed E-state index contributed by atoms with van der Waals surface area (Å²) in [6, 6.07) is 12.6. The predicted octanol–water partition coefficient (Wildman–Crippen LogP) is 5.34. The number of alkyl halides is 3. The Morgan fingerprint density at radius 3 is 2.39 bits per heavy atom. The number of carbonyl (C=O) groups excluding carboxylic acids is 1. The average molecular weight is 408 g/mol. The Bertz CT molecular complexity index is 997. The lowest BCUT2D eigenvalue weighted by molar-refractivity contribution is -0.143. The van der Waals surface area contributed by atoms with Crippen molar-refractivity contribution in [3.05, 3.63) is 82.1 Å². The van der Waals surface area contributed by atoms with Gasteiger partial charge in [-0.25, -0.2) is 4.68 Å². The van der Waals surface area contributed by atoms with Gasteiger partial charge in [0, 0.05) is 5.02 Å². The Morgan fingerprint density at radius 1 is 1.14 bits per heavy atom. The number of halogens is 4. The van der Waals surface area contributed by atoms with Crippen LogP contribution in [0.3, 0.4) is 0 Å². The number of amides is 1. The molecule has 8 heteroatoms. The second-order valence-corrected chi connectivity index (χ2v) is 6.78. The Balaban J connectivity index is 1.96. The molecule has 3 rings (SSSR count). The van der Waals surface area contributed by atoms with Crippen molar-refractivity contribution in [3.8, 4) is 5.69 Å². The second kappa shape index (κ2) is 7.67. The number of aromatic nitrogens is 2. The van der Waals surface area contributed by atoms with Gasteiger partial charge in [0.05, 0.1) is 23.5 Å². The Kier molecular flexibility index (Phi) is 5.47. The number of hydrogen-bond donors (Lipinski definition) is 1. The van der Waals surface area contributed by atoms with Crippen LogP contribution in [0.2, 0.25) is 5.02 Å². The molecule has 28 heavy (non-hydrogen) atoms. The minimum Gasteiger partial charge on any atom is -0.345 e. The highest BCUT2D eigenvalue weighted by atomic mass is 35.5. The summed E-state index contributed by atoms with van der Waals surface area (Å²) in [6.45, 7) is 3.59. The average Bonchev–Trinajstić information content (AvgIpc) is 3.08. The molecule has 146 valence electrons. The molecule has 4 nitrogen and oxygen atoms in total. The third-order valence-electron chi connectivity index (χ3n) is 4.36. The van der Waals surface area contributed by atoms with Gasteiger partial charge in [0.15, 0.2) is 5.69 Å². The molecule has 2 aromatic carbocycles. The molecule has 1 aromatic heterocycles. The van der Waals surface area contributed by atoms with E-state index < -0.39 is 29.4 Å². The summed E-state index contributed by atoms with van der Waals surface area (Å²) < 4.78 is 41.9. The van der Waals surface area contributed by atoms with E-state index in [4.69, 9.17) is 11.6 Å². The molecule has 1 atom stereocenters. The SMILES string of the molecule is Cc1ccccc1C(C)NC(=O)c1cnn(-c2ccc(Cl)cc2)c1C(F)(F)F. The van der Waals surface area contributed by atoms with E-state index in [0.717, 1.165) is 17.3 Å². The molecule has 0 aliphatic rings. The molecule has 0 aliphatic carbocycles. The number of nitrogens with one attached hydrogen (secondary N) is 1. The van der Waals surface area contributed by atoms with E-state index in [0.29, 0.717) is 9.70 Å². The van der Waals surface area contributed by atoms with Gasteiger partial charge in [-0.05, 0) is 49.2 Å². The molecule has 0 radical (unpaired) electrons. The number of carbonyl (C=O) groups is 1. The van der Waals surface area contributed by atoms with Gasteiger partial charge in [0.2, 0.25) is 0 Å². The summed E-state index contributed by atoms with van der Waals surface area (Å²) >= 11 is 5.80. The van der Waals surface area contributed by atoms with Crippen LogP contribution in [-0.2, 0) is 6.18 Å². The molecule has 0 saturated heterocycles. The maximum Gasteiger partial charge on any atom is 0.434 e. The Hall–Kier alpha value is -2.80. The molecule has 1 N–H and O–H groups in total. The van der Waals surface area contributed by atoms with Crippen LogP contribution in [0.4, 0.5) is 13.2 Å². The van der Waals surface area contributed by atoms with Crippen molar-refractivity contribution in [2.45, 2.75) is 26.1 Å². The molecule has 1 unspecified atom stereocenters. The third kappa shape index (κ3) is 4.04. The first-order valence-electron chi connectivity index (χ1n) is 8.46. The van der Waals surface area contributed by atoms with E-state index in [2.05, 4.69) is 10.4 Å². The van der Waals surface area contributed by atoms with Gasteiger partial charge in [0.25, 0.3) is 5.91 Å². The van der Waals surface area contributed by atoms with Crippen LogP contribution in [0.1, 0.15) is 40.1 Å². The number of benzene rings is 2. The maximum atomic E-state index is 13.7. The molecule has 1 heterocycles. The van der Waals surface area contributed by atoms with Crippen molar-refractivity contribution in [2.75, 3.05) is 0 Å². The maximum absolute atomic E-state index is 13.7. The molecule has 0 aliphatic heterocycles. The van der Waals surface area contributed by atoms with Crippen LogP contribution in [0, 0.1) is 6.92 Å². The minimum atomic E-state index is -4.77. The lowest BCUT2D eigenvalue weighted by Gasteiger charge is -2.17. The van der Waals surface area contributed by atoms with E-state index in [-0.39, 0.29) is 5.69 Å². The topological polar surface area (TPSA) is 46.9 Å². The third-order valence-corrected chi connectivity index (χ3v) is 4.61. The van der Waals surface area contributed by atoms with Gasteiger partial charge < -0.3 is 5.32 Å². The zero-order chi connectivity index (χ0) is 20.5. The fraction of sp³-hybridized carbons (Fsp3) is 0.200. The van der Waals surface area contributed by atoms with Crippen molar-refractivity contribution >= 4 is 17.5 Å². The smallest absolute Gasteiger partial charge is 0.345 e. The van der Waals surface area contributed by atoms with Gasteiger partial charge in [0.1, 0.15) is 0 Å². The molecule has 1 amide bonds. The van der Waals surface area contributed by atoms with Crippen LogP contribution in [0.5, 0.6) is 0 Å². The molecule has 3 aromatic rings. The number of hydrogen-bond acceptors (Lipinski definition) is 2. The van der Waals surface area contributed by atoms with Gasteiger partial charge in [-0.2, -0.15) is 18.3 Å². The molecular formula is C20H17ClF3N3O. The fourth-order valence-corrected chi connectivity index (χ4v) is 3.12. The zero-order valence-corrected chi connectivity index (χ0v) is 15.8. The normalized spacial score (nSPS) is 12.6. The first-order chi connectivity index (χ1) is 13.2. The Morgan fingerprint density at radius 2 is 1.79 bits per heavy atom. The summed E-state index contributed by atoms with van der Waals surface area (Å²) in [7, 11) is 0. The first kappa shape index (κ1) is 19.9. The van der Waals surface area contributed by atoms with Crippen LogP contribution in [0.15, 0.2) is 54.7 Å². The number of aryl methyl sites for hydroxylation is 1. The summed E-state index contributed by atoms with van der Waals surface area (Å²) in [4.78, 5) is 12.6. The van der Waals surface area contributed by atoms with Crippen molar-refractivity contribution < 1.29 is 18.0 Å². The van der Waals surface area contributed by atoms with Crippen LogP contribution in [0.25, 0.3) is 5.69 Å². The van der Waals surface area contributed by atoms with Gasteiger partial charge in [-0.3, -0.25) is 4.79 Å². The summed E-state index contributed by atoms with van der Waals surface area (Å²) in [6.07, 6.45) is -3.84. The molecule has 0 spiro atoms. The molecular weight excluding hydrogens is 391 g/mol. The fourth-order valence-electron chi connectivity index (χ4n) is 2.99. The summed E-state index contributed by atoms with van der Waals surface area (Å²) in [5, 5.41) is 6.80. The monoisotopic (exact) mass is 407 g/mol. The number of nitrogens with zero attached hydrogens (tertiary/aromatic N) is 2. The lowest BCUT2D eigenvalue weighted by atomic mass is 10.0. The second-order valence-electron chi connectivity index (χ2n) is 6.34.